The fraction of sp³-hybridized carbons (Fsp3) is 0.538. The number of ether oxygens (including phenoxy) is 1. The van der Waals surface area contributed by atoms with Crippen LogP contribution < -0.4 is 10.1 Å². The molecule has 0 aromatic heterocycles. The highest BCUT2D eigenvalue weighted by Crippen LogP contribution is 2.35. The zero-order valence-electron chi connectivity index (χ0n) is 9.84. The lowest BCUT2D eigenvalue weighted by Crippen LogP contribution is -2.42. The highest BCUT2D eigenvalue weighted by atomic mass is 79.9. The maximum atomic E-state index is 5.60. The molecule has 4 heteroatoms. The standard InChI is InChI=1S/C13H17BrN2O/c14-12-8-10(7-11-1-6-17-13(11)12)9-16-4-2-15-3-5-16/h7-8,15H,1-6,9H2. The number of hydrogen-bond acceptors (Lipinski definition) is 3. The molecule has 3 nitrogen and oxygen atoms in total. The van der Waals surface area contributed by atoms with Gasteiger partial charge in [0.2, 0.25) is 0 Å². The second kappa shape index (κ2) is 4.96. The Morgan fingerprint density at radius 1 is 1.29 bits per heavy atom. The van der Waals surface area contributed by atoms with Gasteiger partial charge in [-0.25, -0.2) is 0 Å². The molecule has 1 aromatic rings. The third-order valence-electron chi connectivity index (χ3n) is 3.41. The van der Waals surface area contributed by atoms with Gasteiger partial charge < -0.3 is 10.1 Å². The molecule has 0 unspecified atom stereocenters. The molecule has 1 fully saturated rings. The lowest BCUT2D eigenvalue weighted by atomic mass is 10.1. The molecule has 2 aliphatic heterocycles. The SMILES string of the molecule is Brc1cc(CN2CCNCC2)cc2c1OCC2. The summed E-state index contributed by atoms with van der Waals surface area (Å²) in [7, 11) is 0. The molecule has 92 valence electrons. The van der Waals surface area contributed by atoms with E-state index in [1.807, 2.05) is 0 Å². The summed E-state index contributed by atoms with van der Waals surface area (Å²) in [5.74, 6) is 1.05. The van der Waals surface area contributed by atoms with Gasteiger partial charge in [-0.05, 0) is 33.1 Å². The third kappa shape index (κ3) is 2.49. The van der Waals surface area contributed by atoms with E-state index in [4.69, 9.17) is 4.74 Å². The molecule has 2 aliphatic rings. The Labute approximate surface area is 110 Å². The summed E-state index contributed by atoms with van der Waals surface area (Å²) in [4.78, 5) is 2.50. The van der Waals surface area contributed by atoms with E-state index >= 15 is 0 Å². The smallest absolute Gasteiger partial charge is 0.136 e. The summed E-state index contributed by atoms with van der Waals surface area (Å²) in [5, 5.41) is 3.38. The fourth-order valence-electron chi connectivity index (χ4n) is 2.54. The highest BCUT2D eigenvalue weighted by molar-refractivity contribution is 9.10. The molecule has 17 heavy (non-hydrogen) atoms. The number of benzene rings is 1. The van der Waals surface area contributed by atoms with Gasteiger partial charge in [-0.15, -0.1) is 0 Å². The first-order valence-corrected chi connectivity index (χ1v) is 6.99. The summed E-state index contributed by atoms with van der Waals surface area (Å²) in [5.41, 5.74) is 2.74. The molecule has 0 bridgehead atoms. The summed E-state index contributed by atoms with van der Waals surface area (Å²) < 4.78 is 6.71. The van der Waals surface area contributed by atoms with Crippen LogP contribution in [0.15, 0.2) is 16.6 Å². The van der Waals surface area contributed by atoms with E-state index in [-0.39, 0.29) is 0 Å². The van der Waals surface area contributed by atoms with E-state index in [1.165, 1.54) is 11.1 Å². The largest absolute Gasteiger partial charge is 0.492 e. The average molecular weight is 297 g/mol. The quantitative estimate of drug-likeness (QED) is 0.901. The van der Waals surface area contributed by atoms with Crippen molar-refractivity contribution in [2.75, 3.05) is 32.8 Å². The molecule has 0 saturated carbocycles. The van der Waals surface area contributed by atoms with E-state index in [1.54, 1.807) is 0 Å². The monoisotopic (exact) mass is 296 g/mol. The first-order valence-electron chi connectivity index (χ1n) is 6.20. The van der Waals surface area contributed by atoms with Gasteiger partial charge in [0.1, 0.15) is 5.75 Å². The van der Waals surface area contributed by atoms with Crippen molar-refractivity contribution >= 4 is 15.9 Å². The van der Waals surface area contributed by atoms with E-state index in [0.29, 0.717) is 0 Å². The topological polar surface area (TPSA) is 24.5 Å². The Morgan fingerprint density at radius 2 is 2.12 bits per heavy atom. The van der Waals surface area contributed by atoms with E-state index < -0.39 is 0 Å². The number of hydrogen-bond donors (Lipinski definition) is 1. The summed E-state index contributed by atoms with van der Waals surface area (Å²) >= 11 is 3.61. The van der Waals surface area contributed by atoms with Crippen LogP contribution in [0.2, 0.25) is 0 Å². The number of nitrogens with zero attached hydrogens (tertiary/aromatic N) is 1. The zero-order chi connectivity index (χ0) is 11.7. The molecular weight excluding hydrogens is 280 g/mol. The molecule has 3 rings (SSSR count). The fourth-order valence-corrected chi connectivity index (χ4v) is 3.20. The highest BCUT2D eigenvalue weighted by Gasteiger charge is 2.18. The predicted molar refractivity (Wildman–Crippen MR) is 71.5 cm³/mol. The van der Waals surface area contributed by atoms with Crippen molar-refractivity contribution < 1.29 is 4.74 Å². The molecule has 0 spiro atoms. The summed E-state index contributed by atoms with van der Waals surface area (Å²) in [6.07, 6.45) is 1.04. The number of nitrogens with one attached hydrogen (secondary N) is 1. The van der Waals surface area contributed by atoms with E-state index in [9.17, 15) is 0 Å². The number of halogens is 1. The van der Waals surface area contributed by atoms with Crippen molar-refractivity contribution in [1.82, 2.24) is 10.2 Å². The first kappa shape index (κ1) is 11.5. The Morgan fingerprint density at radius 3 is 2.94 bits per heavy atom. The van der Waals surface area contributed by atoms with Crippen molar-refractivity contribution in [2.45, 2.75) is 13.0 Å². The van der Waals surface area contributed by atoms with Crippen LogP contribution in [0.4, 0.5) is 0 Å². The van der Waals surface area contributed by atoms with Crippen molar-refractivity contribution in [2.24, 2.45) is 0 Å². The molecule has 1 N–H and O–H groups in total. The molecule has 0 aliphatic carbocycles. The summed E-state index contributed by atoms with van der Waals surface area (Å²) in [6.45, 7) is 6.37. The van der Waals surface area contributed by atoms with Crippen molar-refractivity contribution in [1.29, 1.82) is 0 Å². The Bertz CT molecular complexity index is 416. The van der Waals surface area contributed by atoms with Gasteiger partial charge in [-0.1, -0.05) is 6.07 Å². The van der Waals surface area contributed by atoms with Gasteiger partial charge in [0, 0.05) is 39.1 Å². The molecule has 0 radical (unpaired) electrons. The van der Waals surface area contributed by atoms with Gasteiger partial charge >= 0.3 is 0 Å². The molecule has 1 saturated heterocycles. The Kier molecular flexibility index (Phi) is 3.36. The van der Waals surface area contributed by atoms with Crippen molar-refractivity contribution in [3.63, 3.8) is 0 Å². The Hall–Kier alpha value is -0.580. The maximum absolute atomic E-state index is 5.60. The Balaban J connectivity index is 1.76. The lowest BCUT2D eigenvalue weighted by Gasteiger charge is -2.27. The summed E-state index contributed by atoms with van der Waals surface area (Å²) in [6, 6.07) is 4.50. The van der Waals surface area contributed by atoms with Crippen LogP contribution in [0.3, 0.4) is 0 Å². The van der Waals surface area contributed by atoms with Gasteiger partial charge in [-0.2, -0.15) is 0 Å². The third-order valence-corrected chi connectivity index (χ3v) is 4.00. The zero-order valence-corrected chi connectivity index (χ0v) is 11.4. The maximum Gasteiger partial charge on any atom is 0.136 e. The molecule has 0 amide bonds. The first-order chi connectivity index (χ1) is 8.33. The number of piperazine rings is 1. The minimum Gasteiger partial charge on any atom is -0.492 e. The normalized spacial score (nSPS) is 20.1. The molecular formula is C13H17BrN2O. The van der Waals surface area contributed by atoms with Gasteiger partial charge in [-0.3, -0.25) is 4.90 Å². The van der Waals surface area contributed by atoms with Crippen molar-refractivity contribution in [3.8, 4) is 5.75 Å². The van der Waals surface area contributed by atoms with Crippen LogP contribution in [0.25, 0.3) is 0 Å². The van der Waals surface area contributed by atoms with Crippen molar-refractivity contribution in [3.05, 3.63) is 27.7 Å². The van der Waals surface area contributed by atoms with Crippen LogP contribution in [0.5, 0.6) is 5.75 Å². The van der Waals surface area contributed by atoms with Gasteiger partial charge in [0.25, 0.3) is 0 Å². The van der Waals surface area contributed by atoms with Gasteiger partial charge in [0.15, 0.2) is 0 Å². The van der Waals surface area contributed by atoms with E-state index in [2.05, 4.69) is 38.3 Å². The number of fused-ring (bicyclic) bond motifs is 1. The minimum atomic E-state index is 0.824. The molecule has 1 aromatic carbocycles. The molecule has 0 atom stereocenters. The van der Waals surface area contributed by atoms with E-state index in [0.717, 1.165) is 56.0 Å². The van der Waals surface area contributed by atoms with Crippen LogP contribution in [-0.2, 0) is 13.0 Å². The predicted octanol–water partition coefficient (Wildman–Crippen LogP) is 1.79. The average Bonchev–Trinajstić information content (AvgIpc) is 2.79. The van der Waals surface area contributed by atoms with Crippen LogP contribution >= 0.6 is 15.9 Å². The van der Waals surface area contributed by atoms with Crippen LogP contribution in [0, 0.1) is 0 Å². The molecule has 2 heterocycles. The second-order valence-corrected chi connectivity index (χ2v) is 5.54. The number of rotatable bonds is 2. The second-order valence-electron chi connectivity index (χ2n) is 4.69. The minimum absolute atomic E-state index is 0.824. The van der Waals surface area contributed by atoms with Gasteiger partial charge in [0.05, 0.1) is 11.1 Å². The van der Waals surface area contributed by atoms with Crippen LogP contribution in [0.1, 0.15) is 11.1 Å². The van der Waals surface area contributed by atoms with Crippen LogP contribution in [-0.4, -0.2) is 37.7 Å². The lowest BCUT2D eigenvalue weighted by molar-refractivity contribution is 0.233.